The molecule has 0 atom stereocenters. The molecule has 130 valence electrons. The van der Waals surface area contributed by atoms with Crippen molar-refractivity contribution in [2.75, 3.05) is 13.3 Å². The van der Waals surface area contributed by atoms with Gasteiger partial charge in [-0.25, -0.2) is 9.97 Å². The molecule has 2 aromatic heterocycles. The summed E-state index contributed by atoms with van der Waals surface area (Å²) in [7, 11) is 0. The van der Waals surface area contributed by atoms with E-state index in [-0.39, 0.29) is 0 Å². The van der Waals surface area contributed by atoms with Crippen molar-refractivity contribution in [2.24, 2.45) is 0 Å². The van der Waals surface area contributed by atoms with E-state index in [9.17, 15) is 0 Å². The van der Waals surface area contributed by atoms with E-state index in [0.717, 1.165) is 53.7 Å². The van der Waals surface area contributed by atoms with Gasteiger partial charge in [-0.3, -0.25) is 0 Å². The summed E-state index contributed by atoms with van der Waals surface area (Å²) in [5, 5.41) is 9.92. The summed E-state index contributed by atoms with van der Waals surface area (Å²) >= 11 is 3.40. The van der Waals surface area contributed by atoms with Gasteiger partial charge in [0.05, 0.1) is 16.4 Å². The van der Waals surface area contributed by atoms with Crippen LogP contribution in [0.15, 0.2) is 29.0 Å². The lowest BCUT2D eigenvalue weighted by Gasteiger charge is -2.01. The van der Waals surface area contributed by atoms with Crippen molar-refractivity contribution in [1.82, 2.24) is 15.3 Å². The zero-order valence-corrected chi connectivity index (χ0v) is 15.6. The van der Waals surface area contributed by atoms with Crippen LogP contribution in [-0.2, 0) is 19.4 Å². The number of nitrogens with zero attached hydrogens (tertiary/aromatic N) is 2. The Morgan fingerprint density at radius 3 is 2.84 bits per heavy atom. The van der Waals surface area contributed by atoms with Gasteiger partial charge >= 0.3 is 0 Å². The second kappa shape index (κ2) is 7.51. The van der Waals surface area contributed by atoms with Gasteiger partial charge < -0.3 is 14.8 Å². The summed E-state index contributed by atoms with van der Waals surface area (Å²) in [5.74, 6) is 1.59. The first-order valence-electron chi connectivity index (χ1n) is 8.30. The number of hydrogen-bond acceptors (Lipinski definition) is 7. The molecule has 0 amide bonds. The SMILES string of the molecule is CCc1nc(CCNCc2csc(-c3ccc4c(c3)OCO4)n2)cs1. The molecule has 0 saturated heterocycles. The maximum atomic E-state index is 5.44. The fourth-order valence-corrected chi connectivity index (χ4v) is 4.21. The lowest BCUT2D eigenvalue weighted by Crippen LogP contribution is -2.17. The molecule has 0 radical (unpaired) electrons. The van der Waals surface area contributed by atoms with Crippen molar-refractivity contribution in [3.63, 3.8) is 0 Å². The largest absolute Gasteiger partial charge is 0.454 e. The highest BCUT2D eigenvalue weighted by molar-refractivity contribution is 7.13. The van der Waals surface area contributed by atoms with E-state index in [4.69, 9.17) is 14.5 Å². The molecule has 3 heterocycles. The quantitative estimate of drug-likeness (QED) is 0.637. The Morgan fingerprint density at radius 1 is 1.08 bits per heavy atom. The molecule has 0 unspecified atom stereocenters. The number of fused-ring (bicyclic) bond motifs is 1. The first-order valence-corrected chi connectivity index (χ1v) is 10.1. The Kier molecular flexibility index (Phi) is 4.96. The fourth-order valence-electron chi connectivity index (χ4n) is 2.61. The molecule has 4 rings (SSSR count). The summed E-state index contributed by atoms with van der Waals surface area (Å²) in [4.78, 5) is 9.30. The first kappa shape index (κ1) is 16.5. The number of benzene rings is 1. The fraction of sp³-hybridized carbons (Fsp3) is 0.333. The van der Waals surface area contributed by atoms with E-state index in [1.54, 1.807) is 22.7 Å². The molecule has 0 fully saturated rings. The first-order chi connectivity index (χ1) is 12.3. The molecular weight excluding hydrogens is 354 g/mol. The molecule has 0 bridgehead atoms. The number of aromatic nitrogens is 2. The molecule has 5 nitrogen and oxygen atoms in total. The van der Waals surface area contributed by atoms with Crippen LogP contribution in [-0.4, -0.2) is 23.3 Å². The number of thiazole rings is 2. The molecule has 3 aromatic rings. The monoisotopic (exact) mass is 373 g/mol. The molecule has 7 heteroatoms. The van der Waals surface area contributed by atoms with Gasteiger partial charge in [-0.05, 0) is 24.6 Å². The summed E-state index contributed by atoms with van der Waals surface area (Å²) in [6.07, 6.45) is 1.97. The van der Waals surface area contributed by atoms with E-state index in [1.807, 2.05) is 18.2 Å². The molecule has 0 saturated carbocycles. The van der Waals surface area contributed by atoms with Crippen LogP contribution in [0.25, 0.3) is 10.6 Å². The van der Waals surface area contributed by atoms with E-state index in [0.29, 0.717) is 6.79 Å². The normalized spacial score (nSPS) is 12.7. The van der Waals surface area contributed by atoms with Crippen molar-refractivity contribution >= 4 is 22.7 Å². The summed E-state index contributed by atoms with van der Waals surface area (Å²) in [6, 6.07) is 5.96. The van der Waals surface area contributed by atoms with Crippen LogP contribution < -0.4 is 14.8 Å². The highest BCUT2D eigenvalue weighted by Crippen LogP contribution is 2.36. The number of nitrogens with one attached hydrogen (secondary N) is 1. The Hall–Kier alpha value is -1.96. The van der Waals surface area contributed by atoms with Gasteiger partial charge in [-0.15, -0.1) is 22.7 Å². The highest BCUT2D eigenvalue weighted by atomic mass is 32.1. The van der Waals surface area contributed by atoms with Crippen LogP contribution >= 0.6 is 22.7 Å². The van der Waals surface area contributed by atoms with Crippen LogP contribution in [0.5, 0.6) is 11.5 Å². The van der Waals surface area contributed by atoms with Gasteiger partial charge in [0.15, 0.2) is 11.5 Å². The molecule has 25 heavy (non-hydrogen) atoms. The van der Waals surface area contributed by atoms with Crippen molar-refractivity contribution in [3.05, 3.63) is 45.4 Å². The maximum Gasteiger partial charge on any atom is 0.231 e. The van der Waals surface area contributed by atoms with Gasteiger partial charge in [0, 0.05) is 35.8 Å². The number of hydrogen-bond donors (Lipinski definition) is 1. The highest BCUT2D eigenvalue weighted by Gasteiger charge is 2.15. The van der Waals surface area contributed by atoms with Crippen molar-refractivity contribution in [2.45, 2.75) is 26.3 Å². The third-order valence-electron chi connectivity index (χ3n) is 3.94. The second-order valence-corrected chi connectivity index (χ2v) is 7.53. The minimum Gasteiger partial charge on any atom is -0.454 e. The van der Waals surface area contributed by atoms with Crippen LogP contribution in [0.1, 0.15) is 23.3 Å². The molecule has 1 aliphatic heterocycles. The molecule has 1 aliphatic rings. The number of aryl methyl sites for hydroxylation is 1. The second-order valence-electron chi connectivity index (χ2n) is 5.72. The third kappa shape index (κ3) is 3.84. The van der Waals surface area contributed by atoms with Crippen LogP contribution in [0.2, 0.25) is 0 Å². The Bertz CT molecular complexity index is 860. The summed E-state index contributed by atoms with van der Waals surface area (Å²) < 4.78 is 10.8. The van der Waals surface area contributed by atoms with Gasteiger partial charge in [-0.2, -0.15) is 0 Å². The smallest absolute Gasteiger partial charge is 0.231 e. The summed E-state index contributed by atoms with van der Waals surface area (Å²) in [5.41, 5.74) is 3.30. The predicted molar refractivity (Wildman–Crippen MR) is 101 cm³/mol. The molecule has 0 spiro atoms. The van der Waals surface area contributed by atoms with Gasteiger partial charge in [0.2, 0.25) is 6.79 Å². The minimum absolute atomic E-state index is 0.296. The van der Waals surface area contributed by atoms with Crippen LogP contribution in [0, 0.1) is 0 Å². The minimum atomic E-state index is 0.296. The third-order valence-corrected chi connectivity index (χ3v) is 5.92. The molecular formula is C18H19N3O2S2. The van der Waals surface area contributed by atoms with Crippen LogP contribution in [0.4, 0.5) is 0 Å². The zero-order chi connectivity index (χ0) is 17.1. The standard InChI is InChI=1S/C18H19N3O2S2/c1-2-17-20-13(9-24-17)5-6-19-8-14-10-25-18(21-14)12-3-4-15-16(7-12)23-11-22-15/h3-4,7,9-10,19H,2,5-6,8,11H2,1H3. The van der Waals surface area contributed by atoms with E-state index < -0.39 is 0 Å². The number of ether oxygens (including phenoxy) is 2. The average Bonchev–Trinajstić information content (AvgIpc) is 3.37. The van der Waals surface area contributed by atoms with Crippen molar-refractivity contribution < 1.29 is 9.47 Å². The van der Waals surface area contributed by atoms with Crippen molar-refractivity contribution in [3.8, 4) is 22.1 Å². The zero-order valence-electron chi connectivity index (χ0n) is 13.9. The molecule has 1 N–H and O–H groups in total. The van der Waals surface area contributed by atoms with E-state index >= 15 is 0 Å². The van der Waals surface area contributed by atoms with Crippen LogP contribution in [0.3, 0.4) is 0 Å². The van der Waals surface area contributed by atoms with E-state index in [2.05, 4.69) is 28.0 Å². The Labute approximate surface area is 154 Å². The lowest BCUT2D eigenvalue weighted by atomic mass is 10.2. The average molecular weight is 374 g/mol. The Balaban J connectivity index is 1.31. The topological polar surface area (TPSA) is 56.3 Å². The van der Waals surface area contributed by atoms with Gasteiger partial charge in [0.25, 0.3) is 0 Å². The maximum absolute atomic E-state index is 5.44. The predicted octanol–water partition coefficient (Wildman–Crippen LogP) is 3.89. The lowest BCUT2D eigenvalue weighted by molar-refractivity contribution is 0.174. The van der Waals surface area contributed by atoms with Gasteiger partial charge in [0.1, 0.15) is 5.01 Å². The summed E-state index contributed by atoms with van der Waals surface area (Å²) in [6.45, 7) is 4.11. The molecule has 0 aliphatic carbocycles. The van der Waals surface area contributed by atoms with Crippen molar-refractivity contribution in [1.29, 1.82) is 0 Å². The Morgan fingerprint density at radius 2 is 1.96 bits per heavy atom. The molecule has 1 aromatic carbocycles. The van der Waals surface area contributed by atoms with E-state index in [1.165, 1.54) is 10.7 Å². The number of rotatable bonds is 7. The van der Waals surface area contributed by atoms with Gasteiger partial charge in [-0.1, -0.05) is 6.92 Å².